The van der Waals surface area contributed by atoms with Crippen LogP contribution < -0.4 is 47.9 Å². The molecule has 0 radical (unpaired) electrons. The number of rotatable bonds is 12. The van der Waals surface area contributed by atoms with Crippen LogP contribution in [0.4, 0.5) is 34.1 Å². The van der Waals surface area contributed by atoms with Crippen LogP contribution in [-0.4, -0.2) is 63.7 Å². The topological polar surface area (TPSA) is 290 Å². The average Bonchev–Trinajstić information content (AvgIpc) is 3.15. The van der Waals surface area contributed by atoms with Gasteiger partial charge in [0.2, 0.25) is 17.7 Å². The average molecular weight is 778 g/mol. The van der Waals surface area contributed by atoms with E-state index in [1.54, 1.807) is 36.4 Å². The molecule has 6 aromatic rings. The summed E-state index contributed by atoms with van der Waals surface area (Å²) in [7, 11) is 0. The molecule has 0 atom stereocenters. The van der Waals surface area contributed by atoms with Gasteiger partial charge >= 0.3 is 0 Å². The van der Waals surface area contributed by atoms with Gasteiger partial charge in [0.25, 0.3) is 0 Å². The quantitative estimate of drug-likeness (QED) is 0.0458. The highest BCUT2D eigenvalue weighted by Crippen LogP contribution is 2.39. The maximum absolute atomic E-state index is 11.1. The van der Waals surface area contributed by atoms with Gasteiger partial charge in [-0.25, -0.2) is 16.0 Å². The molecule has 57 heavy (non-hydrogen) atoms. The van der Waals surface area contributed by atoms with E-state index in [9.17, 15) is 46.0 Å². The molecule has 6 aromatic carbocycles. The highest BCUT2D eigenvalue weighted by Gasteiger charge is 2.56. The molecule has 0 unspecified atom stereocenters. The number of nitrogens with one attached hydrogen (secondary N) is 9. The van der Waals surface area contributed by atoms with Gasteiger partial charge < -0.3 is 77.9 Å². The monoisotopic (exact) mass is 777 g/mol. The summed E-state index contributed by atoms with van der Waals surface area (Å²) >= 11 is 0. The number of para-hydroxylation sites is 6. The molecule has 1 aliphatic heterocycles. The van der Waals surface area contributed by atoms with Crippen LogP contribution in [0.3, 0.4) is 0 Å². The Balaban J connectivity index is 1.53. The normalized spacial score (nSPS) is 20.2. The second-order valence-corrected chi connectivity index (χ2v) is 13.0. The van der Waals surface area contributed by atoms with Crippen LogP contribution >= 0.6 is 0 Å². The van der Waals surface area contributed by atoms with Crippen LogP contribution in [0.1, 0.15) is 0 Å². The summed E-state index contributed by atoms with van der Waals surface area (Å²) in [5.41, 5.74) is 0.260. The summed E-state index contributed by atoms with van der Waals surface area (Å²) in [4.78, 5) is 0. The predicted octanol–water partition coefficient (Wildman–Crippen LogP) is 4.63. The first-order valence-electron chi connectivity index (χ1n) is 17.2. The van der Waals surface area contributed by atoms with Crippen molar-refractivity contribution in [3.8, 4) is 51.7 Å². The van der Waals surface area contributed by atoms with Crippen molar-refractivity contribution in [3.05, 3.63) is 127 Å². The van der Waals surface area contributed by atoms with E-state index >= 15 is 0 Å². The lowest BCUT2D eigenvalue weighted by Gasteiger charge is -2.59. The molecular formula is C39H39N9O9. The Morgan fingerprint density at radius 2 is 0.509 bits per heavy atom. The van der Waals surface area contributed by atoms with Crippen LogP contribution in [0.15, 0.2) is 127 Å². The van der Waals surface area contributed by atoms with Crippen molar-refractivity contribution in [3.63, 3.8) is 0 Å². The fraction of sp³-hybridized carbons (Fsp3) is 0.0769. The van der Waals surface area contributed by atoms with E-state index < -0.39 is 35.0 Å². The van der Waals surface area contributed by atoms with Crippen LogP contribution in [-0.2, 0) is 0 Å². The van der Waals surface area contributed by atoms with E-state index in [1.165, 1.54) is 72.8 Å². The lowest BCUT2D eigenvalue weighted by molar-refractivity contribution is 0.0727. The molecule has 0 aromatic heterocycles. The molecule has 18 nitrogen and oxygen atoms in total. The molecule has 1 fully saturated rings. The maximum atomic E-state index is 11.1. The van der Waals surface area contributed by atoms with Crippen molar-refractivity contribution in [2.24, 2.45) is 0 Å². The molecule has 0 amide bonds. The molecular weight excluding hydrogens is 738 g/mol. The molecule has 18 N–H and O–H groups in total. The zero-order valence-electron chi connectivity index (χ0n) is 29.6. The van der Waals surface area contributed by atoms with Gasteiger partial charge in [0.1, 0.15) is 51.7 Å². The second kappa shape index (κ2) is 14.8. The largest absolute Gasteiger partial charge is 0.508 e. The van der Waals surface area contributed by atoms with Gasteiger partial charge in [0.15, 0.2) is 0 Å². The minimum atomic E-state index is -2.12. The van der Waals surface area contributed by atoms with E-state index in [-0.39, 0.29) is 68.6 Å². The predicted molar refractivity (Wildman–Crippen MR) is 213 cm³/mol. The van der Waals surface area contributed by atoms with Crippen molar-refractivity contribution >= 4 is 34.1 Å². The number of hydrogen-bond acceptors (Lipinski definition) is 18. The Morgan fingerprint density at radius 1 is 0.281 bits per heavy atom. The van der Waals surface area contributed by atoms with E-state index in [0.29, 0.717) is 0 Å². The molecule has 294 valence electrons. The van der Waals surface area contributed by atoms with Gasteiger partial charge in [0, 0.05) is 18.2 Å². The Kier molecular flexibility index (Phi) is 9.74. The third-order valence-corrected chi connectivity index (χ3v) is 8.71. The minimum absolute atomic E-state index is 0.00880. The highest BCUT2D eigenvalue weighted by atomic mass is 16.3. The number of anilines is 6. The summed E-state index contributed by atoms with van der Waals surface area (Å²) in [6.45, 7) is 0. The van der Waals surface area contributed by atoms with E-state index in [2.05, 4.69) is 47.9 Å². The standard InChI is InChI=1S/C39H39N9O9/c49-22-13-16-28(34(55)19-22)43-37(40-25-7-1-4-10-31(25)52)46-38(41-26-8-2-5-11-32(26)53,44-29-17-14-23(50)20-35(29)56)48-39(47-37,42-27-9-3-6-12-33(27)54)45-30-18-15-24(51)21-36(30)57/h1-21,40-57H. The Labute approximate surface area is 324 Å². The van der Waals surface area contributed by atoms with E-state index in [4.69, 9.17) is 0 Å². The van der Waals surface area contributed by atoms with Crippen LogP contribution in [0.2, 0.25) is 0 Å². The fourth-order valence-electron chi connectivity index (χ4n) is 6.23. The van der Waals surface area contributed by atoms with Gasteiger partial charge in [-0.2, -0.15) is 0 Å². The zero-order valence-corrected chi connectivity index (χ0v) is 29.6. The number of benzene rings is 6. The molecule has 0 bridgehead atoms. The molecule has 1 saturated heterocycles. The van der Waals surface area contributed by atoms with Crippen LogP contribution in [0, 0.1) is 0 Å². The van der Waals surface area contributed by atoms with Crippen LogP contribution in [0.25, 0.3) is 0 Å². The second-order valence-electron chi connectivity index (χ2n) is 13.0. The van der Waals surface area contributed by atoms with Gasteiger partial charge in [-0.05, 0) is 72.8 Å². The van der Waals surface area contributed by atoms with E-state index in [0.717, 1.165) is 18.2 Å². The minimum Gasteiger partial charge on any atom is -0.508 e. The highest BCUT2D eigenvalue weighted by molar-refractivity contribution is 5.69. The van der Waals surface area contributed by atoms with Gasteiger partial charge in [-0.3, -0.25) is 0 Å². The molecule has 1 heterocycles. The number of phenols is 9. The first-order chi connectivity index (χ1) is 27.2. The van der Waals surface area contributed by atoms with Crippen molar-refractivity contribution in [1.29, 1.82) is 0 Å². The van der Waals surface area contributed by atoms with Gasteiger partial charge in [-0.15, -0.1) is 0 Å². The van der Waals surface area contributed by atoms with Gasteiger partial charge in [-0.1, -0.05) is 36.4 Å². The first-order valence-corrected chi connectivity index (χ1v) is 17.2. The Bertz CT molecular complexity index is 2150. The van der Waals surface area contributed by atoms with Crippen molar-refractivity contribution in [2.75, 3.05) is 31.9 Å². The molecule has 0 saturated carbocycles. The van der Waals surface area contributed by atoms with Crippen LogP contribution in [0.5, 0.6) is 51.7 Å². The summed E-state index contributed by atoms with van der Waals surface area (Å²) in [5, 5.41) is 126. The first kappa shape index (κ1) is 37.5. The smallest absolute Gasteiger partial charge is 0.233 e. The number of phenolic OH excluding ortho intramolecular Hbond substituents is 9. The van der Waals surface area contributed by atoms with Gasteiger partial charge in [0.05, 0.1) is 34.1 Å². The van der Waals surface area contributed by atoms with E-state index in [1.807, 2.05) is 0 Å². The third-order valence-electron chi connectivity index (χ3n) is 8.71. The Hall–Kier alpha value is -7.80. The molecule has 1 aliphatic rings. The van der Waals surface area contributed by atoms with Crippen molar-refractivity contribution in [1.82, 2.24) is 16.0 Å². The lowest BCUT2D eigenvalue weighted by Crippen LogP contribution is -2.95. The summed E-state index contributed by atoms with van der Waals surface area (Å²) in [6.07, 6.45) is 0. The molecule has 0 spiro atoms. The molecule has 0 aliphatic carbocycles. The Morgan fingerprint density at radius 3 is 0.737 bits per heavy atom. The number of hydrogen-bond donors (Lipinski definition) is 18. The summed E-state index contributed by atoms with van der Waals surface area (Å²) < 4.78 is 0. The molecule has 7 rings (SSSR count). The van der Waals surface area contributed by atoms with Crippen molar-refractivity contribution in [2.45, 2.75) is 17.7 Å². The summed E-state index contributed by atoms with van der Waals surface area (Å²) in [5.74, 6) is -9.11. The maximum Gasteiger partial charge on any atom is 0.233 e. The third kappa shape index (κ3) is 8.17. The summed E-state index contributed by atoms with van der Waals surface area (Å²) in [6, 6.07) is 29.8. The SMILES string of the molecule is Oc1ccc(NC2(Nc3ccccc3O)NC(Nc3ccccc3O)(Nc3ccc(O)cc3O)NC(Nc3ccccc3O)(Nc3ccc(O)cc3O)N2)c(O)c1. The zero-order chi connectivity index (χ0) is 40.4. The lowest BCUT2D eigenvalue weighted by atomic mass is 10.2. The fourth-order valence-corrected chi connectivity index (χ4v) is 6.23. The number of aromatic hydroxyl groups is 9. The van der Waals surface area contributed by atoms with Crippen molar-refractivity contribution < 1.29 is 46.0 Å². The molecule has 18 heteroatoms.